The second kappa shape index (κ2) is 9.00. The summed E-state index contributed by atoms with van der Waals surface area (Å²) in [6.07, 6.45) is 0.752. The maximum Gasteiger partial charge on any atom is 0.322 e. The molecule has 0 radical (unpaired) electrons. The highest BCUT2D eigenvalue weighted by Crippen LogP contribution is 2.27. The van der Waals surface area contributed by atoms with Gasteiger partial charge in [0.15, 0.2) is 0 Å². The number of nitrogens with one attached hydrogen (secondary N) is 3. The monoisotopic (exact) mass is 454 g/mol. The fraction of sp³-hybridized carbons (Fsp3) is 0.304. The van der Waals surface area contributed by atoms with E-state index in [2.05, 4.69) is 16.0 Å². The molecule has 1 atom stereocenters. The molecule has 2 fully saturated rings. The Morgan fingerprint density at radius 2 is 1.69 bits per heavy atom. The van der Waals surface area contributed by atoms with E-state index in [9.17, 15) is 19.2 Å². The lowest BCUT2D eigenvalue weighted by molar-refractivity contribution is -0.136. The molecule has 2 heterocycles. The van der Waals surface area contributed by atoms with E-state index < -0.39 is 17.6 Å². The van der Waals surface area contributed by atoms with E-state index >= 15 is 0 Å². The minimum absolute atomic E-state index is 0.0613. The number of urea groups is 1. The van der Waals surface area contributed by atoms with Gasteiger partial charge in [0.1, 0.15) is 5.54 Å². The second-order valence-electron chi connectivity index (χ2n) is 7.99. The summed E-state index contributed by atoms with van der Waals surface area (Å²) in [6.45, 7) is 0.680. The van der Waals surface area contributed by atoms with Crippen LogP contribution in [0.15, 0.2) is 54.6 Å². The number of rotatable bonds is 5. The molecule has 4 rings (SSSR count). The summed E-state index contributed by atoms with van der Waals surface area (Å²) in [5.41, 5.74) is 0.202. The van der Waals surface area contributed by atoms with Gasteiger partial charge < -0.3 is 15.5 Å². The fourth-order valence-corrected chi connectivity index (χ4v) is 4.36. The smallest absolute Gasteiger partial charge is 0.322 e. The first kappa shape index (κ1) is 21.8. The van der Waals surface area contributed by atoms with E-state index in [0.29, 0.717) is 36.5 Å². The van der Waals surface area contributed by atoms with Crippen molar-refractivity contribution in [2.75, 3.05) is 13.1 Å². The molecule has 8 nitrogen and oxygen atoms in total. The minimum Gasteiger partial charge on any atom is -0.345 e. The van der Waals surface area contributed by atoms with Crippen molar-refractivity contribution in [1.29, 1.82) is 0 Å². The van der Waals surface area contributed by atoms with Crippen molar-refractivity contribution in [1.82, 2.24) is 20.9 Å². The van der Waals surface area contributed by atoms with Crippen molar-refractivity contribution in [2.24, 2.45) is 0 Å². The Bertz CT molecular complexity index is 1050. The normalized spacial score (nSPS) is 18.1. The third kappa shape index (κ3) is 4.45. The van der Waals surface area contributed by atoms with Crippen molar-refractivity contribution < 1.29 is 19.2 Å². The largest absolute Gasteiger partial charge is 0.345 e. The van der Waals surface area contributed by atoms with Gasteiger partial charge in [0.05, 0.1) is 23.0 Å². The zero-order chi connectivity index (χ0) is 22.7. The van der Waals surface area contributed by atoms with Crippen LogP contribution < -0.4 is 16.0 Å². The predicted octanol–water partition coefficient (Wildman–Crippen LogP) is 2.40. The standard InChI is InChI=1S/C23H23ClN4O4/c24-17-9-5-4-8-16(17)20(30)25-18(15-6-2-1-3-7-15)14-19(29)28-12-10-23(11-13-28)21(31)26-22(32)27-23/h1-9,18H,10-14H2,(H,25,30)(H2,26,27,31,32). The average Bonchev–Trinajstić information content (AvgIpc) is 3.06. The second-order valence-corrected chi connectivity index (χ2v) is 8.40. The van der Waals surface area contributed by atoms with E-state index in [1.807, 2.05) is 30.3 Å². The van der Waals surface area contributed by atoms with E-state index in [4.69, 9.17) is 11.6 Å². The Labute approximate surface area is 190 Å². The first-order valence-electron chi connectivity index (χ1n) is 10.4. The molecule has 0 aliphatic carbocycles. The number of carbonyl (C=O) groups excluding carboxylic acids is 4. The van der Waals surface area contributed by atoms with E-state index in [1.165, 1.54) is 0 Å². The quantitative estimate of drug-likeness (QED) is 0.603. The molecule has 1 spiro atoms. The number of imide groups is 1. The molecule has 2 aliphatic heterocycles. The third-order valence-electron chi connectivity index (χ3n) is 5.99. The number of nitrogens with zero attached hydrogens (tertiary/aromatic N) is 1. The molecule has 32 heavy (non-hydrogen) atoms. The minimum atomic E-state index is -0.940. The van der Waals surface area contributed by atoms with Crippen LogP contribution in [0.3, 0.4) is 0 Å². The van der Waals surface area contributed by atoms with Crippen LogP contribution in [0, 0.1) is 0 Å². The lowest BCUT2D eigenvalue weighted by Crippen LogP contribution is -2.56. The molecule has 2 aromatic rings. The van der Waals surface area contributed by atoms with Crippen molar-refractivity contribution >= 4 is 35.4 Å². The number of carbonyl (C=O) groups is 4. The van der Waals surface area contributed by atoms with Crippen molar-refractivity contribution in [3.8, 4) is 0 Å². The molecule has 2 aliphatic rings. The van der Waals surface area contributed by atoms with Crippen LogP contribution in [0.1, 0.15) is 41.2 Å². The zero-order valence-electron chi connectivity index (χ0n) is 17.3. The van der Waals surface area contributed by atoms with Gasteiger partial charge in [-0.15, -0.1) is 0 Å². The Kier molecular flexibility index (Phi) is 6.14. The van der Waals surface area contributed by atoms with Gasteiger partial charge in [0.2, 0.25) is 5.91 Å². The maximum atomic E-state index is 13.1. The zero-order valence-corrected chi connectivity index (χ0v) is 18.0. The number of likely N-dealkylation sites (tertiary alicyclic amines) is 1. The van der Waals surface area contributed by atoms with E-state index in [-0.39, 0.29) is 24.1 Å². The first-order chi connectivity index (χ1) is 15.4. The molecule has 2 saturated heterocycles. The number of hydrogen-bond donors (Lipinski definition) is 3. The van der Waals surface area contributed by atoms with Gasteiger partial charge in [-0.3, -0.25) is 19.7 Å². The molecule has 1 unspecified atom stereocenters. The summed E-state index contributed by atoms with van der Waals surface area (Å²) in [5.74, 6) is -0.846. The van der Waals surface area contributed by atoms with Crippen LogP contribution in [0.25, 0.3) is 0 Å². The van der Waals surface area contributed by atoms with Crippen molar-refractivity contribution in [2.45, 2.75) is 30.8 Å². The maximum absolute atomic E-state index is 13.1. The van der Waals surface area contributed by atoms with Gasteiger partial charge in [0, 0.05) is 13.1 Å². The molecule has 0 aromatic heterocycles. The number of piperidine rings is 1. The number of halogens is 1. The predicted molar refractivity (Wildman–Crippen MR) is 118 cm³/mol. The highest BCUT2D eigenvalue weighted by molar-refractivity contribution is 6.33. The van der Waals surface area contributed by atoms with Gasteiger partial charge in [0.25, 0.3) is 11.8 Å². The topological polar surface area (TPSA) is 108 Å². The highest BCUT2D eigenvalue weighted by atomic mass is 35.5. The molecule has 3 N–H and O–H groups in total. The highest BCUT2D eigenvalue weighted by Gasteiger charge is 2.48. The van der Waals surface area contributed by atoms with Crippen LogP contribution >= 0.6 is 11.6 Å². The molecular formula is C23H23ClN4O4. The van der Waals surface area contributed by atoms with Gasteiger partial charge in [-0.05, 0) is 30.5 Å². The SMILES string of the molecule is O=C1NC(=O)C2(CCN(C(=O)CC(NC(=O)c3ccccc3Cl)c3ccccc3)CC2)N1. The Hall–Kier alpha value is -3.39. The van der Waals surface area contributed by atoms with E-state index in [1.54, 1.807) is 29.2 Å². The Morgan fingerprint density at radius 3 is 2.31 bits per heavy atom. The summed E-state index contributed by atoms with van der Waals surface area (Å²) >= 11 is 6.16. The molecular weight excluding hydrogens is 432 g/mol. The molecule has 2 aromatic carbocycles. The number of hydrogen-bond acceptors (Lipinski definition) is 4. The summed E-state index contributed by atoms with van der Waals surface area (Å²) in [6, 6.07) is 15.0. The van der Waals surface area contributed by atoms with Gasteiger partial charge >= 0.3 is 6.03 Å². The summed E-state index contributed by atoms with van der Waals surface area (Å²) in [5, 5.41) is 8.22. The summed E-state index contributed by atoms with van der Waals surface area (Å²) < 4.78 is 0. The number of benzene rings is 2. The van der Waals surface area contributed by atoms with E-state index in [0.717, 1.165) is 5.56 Å². The molecule has 0 bridgehead atoms. The average molecular weight is 455 g/mol. The Morgan fingerprint density at radius 1 is 1.03 bits per heavy atom. The lowest BCUT2D eigenvalue weighted by atomic mass is 9.87. The molecule has 9 heteroatoms. The van der Waals surface area contributed by atoms with Crippen LogP contribution in [0.4, 0.5) is 4.79 Å². The van der Waals surface area contributed by atoms with Crippen molar-refractivity contribution in [3.05, 3.63) is 70.7 Å². The summed E-state index contributed by atoms with van der Waals surface area (Å²) in [4.78, 5) is 51.2. The van der Waals surface area contributed by atoms with Crippen LogP contribution in [0.2, 0.25) is 5.02 Å². The molecule has 0 saturated carbocycles. The van der Waals surface area contributed by atoms with Gasteiger partial charge in [-0.2, -0.15) is 0 Å². The molecule has 5 amide bonds. The van der Waals surface area contributed by atoms with Crippen LogP contribution in [-0.4, -0.2) is 47.3 Å². The first-order valence-corrected chi connectivity index (χ1v) is 10.8. The Balaban J connectivity index is 1.45. The van der Waals surface area contributed by atoms with Crippen LogP contribution in [0.5, 0.6) is 0 Å². The third-order valence-corrected chi connectivity index (χ3v) is 6.32. The number of amides is 5. The van der Waals surface area contributed by atoms with Gasteiger partial charge in [-0.25, -0.2) is 4.79 Å². The van der Waals surface area contributed by atoms with Crippen LogP contribution in [-0.2, 0) is 9.59 Å². The fourth-order valence-electron chi connectivity index (χ4n) is 4.14. The van der Waals surface area contributed by atoms with Crippen molar-refractivity contribution in [3.63, 3.8) is 0 Å². The van der Waals surface area contributed by atoms with Gasteiger partial charge in [-0.1, -0.05) is 54.1 Å². The lowest BCUT2D eigenvalue weighted by Gasteiger charge is -2.37. The summed E-state index contributed by atoms with van der Waals surface area (Å²) in [7, 11) is 0. The molecule has 166 valence electrons.